The van der Waals surface area contributed by atoms with Gasteiger partial charge in [0.25, 0.3) is 0 Å². The first kappa shape index (κ1) is 12.9. The van der Waals surface area contributed by atoms with E-state index in [-0.39, 0.29) is 6.04 Å². The largest absolute Gasteiger partial charge is 0.324 e. The van der Waals surface area contributed by atoms with Gasteiger partial charge >= 0.3 is 0 Å². The Morgan fingerprint density at radius 1 is 1.24 bits per heavy atom. The van der Waals surface area contributed by atoms with Crippen molar-refractivity contribution in [1.29, 1.82) is 0 Å². The third-order valence-electron chi connectivity index (χ3n) is 2.69. The first-order chi connectivity index (χ1) is 8.16. The van der Waals surface area contributed by atoms with Crippen LogP contribution in [0.5, 0.6) is 0 Å². The lowest BCUT2D eigenvalue weighted by Crippen LogP contribution is -2.11. The second-order valence-corrected chi connectivity index (χ2v) is 5.57. The molecule has 2 N–H and O–H groups in total. The molecular weight excluding hydrogens is 273 g/mol. The summed E-state index contributed by atoms with van der Waals surface area (Å²) in [6, 6.07) is 7.56. The fraction of sp³-hybridized carbons (Fsp3) is 0.231. The summed E-state index contributed by atoms with van der Waals surface area (Å²) in [5.41, 5.74) is 8.43. The Hall–Kier alpha value is -0.540. The summed E-state index contributed by atoms with van der Waals surface area (Å²) in [6.07, 6.45) is 1.86. The van der Waals surface area contributed by atoms with E-state index in [4.69, 9.17) is 28.9 Å². The molecule has 0 aliphatic carbocycles. The molecule has 0 spiro atoms. The van der Waals surface area contributed by atoms with E-state index in [0.717, 1.165) is 18.4 Å². The van der Waals surface area contributed by atoms with Crippen LogP contribution in [0.4, 0.5) is 0 Å². The highest BCUT2D eigenvalue weighted by molar-refractivity contribution is 7.07. The second kappa shape index (κ2) is 5.87. The minimum atomic E-state index is -0.0420. The zero-order valence-corrected chi connectivity index (χ0v) is 11.5. The molecule has 0 saturated carbocycles. The van der Waals surface area contributed by atoms with Crippen molar-refractivity contribution in [3.05, 3.63) is 56.2 Å². The van der Waals surface area contributed by atoms with E-state index in [2.05, 4.69) is 16.8 Å². The summed E-state index contributed by atoms with van der Waals surface area (Å²) in [6.45, 7) is 0. The quantitative estimate of drug-likeness (QED) is 0.867. The molecule has 0 bridgehead atoms. The van der Waals surface area contributed by atoms with Gasteiger partial charge in [0.05, 0.1) is 0 Å². The van der Waals surface area contributed by atoms with E-state index in [1.165, 1.54) is 5.56 Å². The normalized spacial score (nSPS) is 12.6. The van der Waals surface area contributed by atoms with Gasteiger partial charge in [-0.1, -0.05) is 29.3 Å². The van der Waals surface area contributed by atoms with E-state index in [1.807, 2.05) is 12.1 Å². The maximum Gasteiger partial charge on any atom is 0.0468 e. The molecule has 0 aliphatic heterocycles. The highest BCUT2D eigenvalue weighted by Crippen LogP contribution is 2.27. The molecule has 17 heavy (non-hydrogen) atoms. The topological polar surface area (TPSA) is 26.0 Å². The van der Waals surface area contributed by atoms with Crippen molar-refractivity contribution in [3.8, 4) is 0 Å². The third kappa shape index (κ3) is 3.46. The fourth-order valence-electron chi connectivity index (χ4n) is 1.71. The van der Waals surface area contributed by atoms with Crippen LogP contribution in [0.3, 0.4) is 0 Å². The number of halogens is 2. The smallest absolute Gasteiger partial charge is 0.0468 e. The molecule has 4 heteroatoms. The van der Waals surface area contributed by atoms with Crippen molar-refractivity contribution in [2.24, 2.45) is 5.73 Å². The maximum atomic E-state index is 6.14. The van der Waals surface area contributed by atoms with E-state index in [9.17, 15) is 0 Å². The van der Waals surface area contributed by atoms with Gasteiger partial charge in [0, 0.05) is 16.1 Å². The molecule has 2 rings (SSSR count). The Balaban J connectivity index is 2.01. The van der Waals surface area contributed by atoms with Crippen LogP contribution < -0.4 is 5.73 Å². The van der Waals surface area contributed by atoms with Crippen LogP contribution in [0.2, 0.25) is 10.0 Å². The van der Waals surface area contributed by atoms with Gasteiger partial charge < -0.3 is 5.73 Å². The number of benzene rings is 1. The van der Waals surface area contributed by atoms with Crippen molar-refractivity contribution in [2.45, 2.75) is 18.9 Å². The van der Waals surface area contributed by atoms with Gasteiger partial charge in [-0.2, -0.15) is 11.3 Å². The van der Waals surface area contributed by atoms with Gasteiger partial charge in [0.1, 0.15) is 0 Å². The van der Waals surface area contributed by atoms with E-state index in [1.54, 1.807) is 17.4 Å². The lowest BCUT2D eigenvalue weighted by atomic mass is 10.0. The van der Waals surface area contributed by atoms with Gasteiger partial charge in [-0.25, -0.2) is 0 Å². The van der Waals surface area contributed by atoms with Gasteiger partial charge in [-0.15, -0.1) is 0 Å². The average Bonchev–Trinajstić information content (AvgIpc) is 2.78. The standard InChI is InChI=1S/C13H13Cl2NS/c14-10-2-3-11(12(15)7-10)13(16)4-1-9-5-6-17-8-9/h2-3,5-8,13H,1,4,16H2. The number of aryl methyl sites for hydroxylation is 1. The van der Waals surface area contributed by atoms with Crippen LogP contribution in [-0.4, -0.2) is 0 Å². The molecule has 0 saturated heterocycles. The molecule has 0 amide bonds. The highest BCUT2D eigenvalue weighted by atomic mass is 35.5. The van der Waals surface area contributed by atoms with E-state index < -0.39 is 0 Å². The summed E-state index contributed by atoms with van der Waals surface area (Å²) in [7, 11) is 0. The Labute approximate surface area is 115 Å². The molecule has 2 aromatic rings. The van der Waals surface area contributed by atoms with Crippen LogP contribution >= 0.6 is 34.5 Å². The fourth-order valence-corrected chi connectivity index (χ4v) is 2.97. The molecule has 1 nitrogen and oxygen atoms in total. The monoisotopic (exact) mass is 285 g/mol. The Bertz CT molecular complexity index is 482. The van der Waals surface area contributed by atoms with Gasteiger partial charge in [0.2, 0.25) is 0 Å². The zero-order chi connectivity index (χ0) is 12.3. The molecule has 1 aromatic carbocycles. The molecule has 1 aromatic heterocycles. The van der Waals surface area contributed by atoms with Gasteiger partial charge in [-0.3, -0.25) is 0 Å². The van der Waals surface area contributed by atoms with Crippen LogP contribution in [-0.2, 0) is 6.42 Å². The second-order valence-electron chi connectivity index (χ2n) is 3.94. The molecule has 0 radical (unpaired) electrons. The lowest BCUT2D eigenvalue weighted by Gasteiger charge is -2.13. The number of thiophene rings is 1. The predicted molar refractivity (Wildman–Crippen MR) is 76.0 cm³/mol. The summed E-state index contributed by atoms with van der Waals surface area (Å²) in [5, 5.41) is 5.52. The molecule has 90 valence electrons. The highest BCUT2D eigenvalue weighted by Gasteiger charge is 2.10. The van der Waals surface area contributed by atoms with Crippen molar-refractivity contribution in [1.82, 2.24) is 0 Å². The number of nitrogens with two attached hydrogens (primary N) is 1. The van der Waals surface area contributed by atoms with Crippen molar-refractivity contribution < 1.29 is 0 Å². The predicted octanol–water partition coefficient (Wildman–Crippen LogP) is 4.69. The van der Waals surface area contributed by atoms with Crippen molar-refractivity contribution >= 4 is 34.5 Å². The summed E-state index contributed by atoms with van der Waals surface area (Å²) < 4.78 is 0. The van der Waals surface area contributed by atoms with Crippen LogP contribution in [0, 0.1) is 0 Å². The molecule has 1 atom stereocenters. The van der Waals surface area contributed by atoms with Crippen LogP contribution in [0.25, 0.3) is 0 Å². The molecule has 1 unspecified atom stereocenters. The Kier molecular flexibility index (Phi) is 4.46. The zero-order valence-electron chi connectivity index (χ0n) is 9.20. The number of hydrogen-bond donors (Lipinski definition) is 1. The Morgan fingerprint density at radius 3 is 2.71 bits per heavy atom. The number of hydrogen-bond acceptors (Lipinski definition) is 2. The molecular formula is C13H13Cl2NS. The minimum absolute atomic E-state index is 0.0420. The van der Waals surface area contributed by atoms with E-state index in [0.29, 0.717) is 10.0 Å². The van der Waals surface area contributed by atoms with Gasteiger partial charge in [0.15, 0.2) is 0 Å². The maximum absolute atomic E-state index is 6.14. The summed E-state index contributed by atoms with van der Waals surface area (Å²) >= 11 is 13.7. The van der Waals surface area contributed by atoms with Gasteiger partial charge in [-0.05, 0) is 52.9 Å². The van der Waals surface area contributed by atoms with E-state index >= 15 is 0 Å². The van der Waals surface area contributed by atoms with Crippen molar-refractivity contribution in [2.75, 3.05) is 0 Å². The van der Waals surface area contributed by atoms with Crippen LogP contribution in [0.15, 0.2) is 35.0 Å². The molecule has 1 heterocycles. The minimum Gasteiger partial charge on any atom is -0.324 e. The first-order valence-corrected chi connectivity index (χ1v) is 7.08. The number of rotatable bonds is 4. The molecule has 0 fully saturated rings. The average molecular weight is 286 g/mol. The SMILES string of the molecule is NC(CCc1ccsc1)c1ccc(Cl)cc1Cl. The first-order valence-electron chi connectivity index (χ1n) is 5.38. The summed E-state index contributed by atoms with van der Waals surface area (Å²) in [5.74, 6) is 0. The summed E-state index contributed by atoms with van der Waals surface area (Å²) in [4.78, 5) is 0. The Morgan fingerprint density at radius 2 is 2.06 bits per heavy atom. The van der Waals surface area contributed by atoms with Crippen LogP contribution in [0.1, 0.15) is 23.6 Å². The lowest BCUT2D eigenvalue weighted by molar-refractivity contribution is 0.652. The molecule has 0 aliphatic rings. The van der Waals surface area contributed by atoms with Crippen molar-refractivity contribution in [3.63, 3.8) is 0 Å². The third-order valence-corrected chi connectivity index (χ3v) is 3.98.